The van der Waals surface area contributed by atoms with Gasteiger partial charge in [-0.2, -0.15) is 0 Å². The second-order valence-electron chi connectivity index (χ2n) is 3.86. The molecule has 0 aromatic rings. The van der Waals surface area contributed by atoms with Gasteiger partial charge in [-0.3, -0.25) is 0 Å². The van der Waals surface area contributed by atoms with Gasteiger partial charge in [-0.15, -0.1) is 0 Å². The van der Waals surface area contributed by atoms with Crippen molar-refractivity contribution >= 4 is 0 Å². The predicted octanol–water partition coefficient (Wildman–Crippen LogP) is 0.227. The zero-order chi connectivity index (χ0) is 8.97. The van der Waals surface area contributed by atoms with Crippen LogP contribution in [0.1, 0.15) is 32.6 Å². The Morgan fingerprint density at radius 3 is 2.75 bits per heavy atom. The second-order valence-corrected chi connectivity index (χ2v) is 3.86. The molecular weight excluding hydrogens is 152 g/mol. The van der Waals surface area contributed by atoms with E-state index in [0.29, 0.717) is 24.7 Å². The molecule has 1 aliphatic carbocycles. The molecule has 0 spiro atoms. The van der Waals surface area contributed by atoms with Gasteiger partial charge < -0.3 is 16.2 Å². The van der Waals surface area contributed by atoms with E-state index in [4.69, 9.17) is 10.8 Å². The first kappa shape index (κ1) is 9.96. The van der Waals surface area contributed by atoms with Gasteiger partial charge in [0.1, 0.15) is 0 Å². The van der Waals surface area contributed by atoms with Crippen molar-refractivity contribution in [3.05, 3.63) is 0 Å². The van der Waals surface area contributed by atoms with Gasteiger partial charge in [0.15, 0.2) is 0 Å². The van der Waals surface area contributed by atoms with Crippen molar-refractivity contribution < 1.29 is 5.11 Å². The van der Waals surface area contributed by atoms with Crippen LogP contribution in [0.15, 0.2) is 0 Å². The monoisotopic (exact) mass is 172 g/mol. The van der Waals surface area contributed by atoms with E-state index in [2.05, 4.69) is 12.2 Å². The number of aliphatic hydroxyl groups excluding tert-OH is 1. The maximum absolute atomic E-state index is 8.61. The Bertz CT molecular complexity index is 124. The van der Waals surface area contributed by atoms with E-state index in [-0.39, 0.29) is 0 Å². The summed E-state index contributed by atoms with van der Waals surface area (Å²) in [4.78, 5) is 0. The standard InChI is InChI=1S/C9H20N2O/c1-7(3-2-4-12)11-9-5-8(10)6-9/h7-9,11-12H,2-6,10H2,1H3. The lowest BCUT2D eigenvalue weighted by molar-refractivity contribution is 0.245. The minimum absolute atomic E-state index is 0.302. The van der Waals surface area contributed by atoms with Crippen molar-refractivity contribution in [3.8, 4) is 0 Å². The van der Waals surface area contributed by atoms with E-state index in [1.165, 1.54) is 0 Å². The molecule has 12 heavy (non-hydrogen) atoms. The van der Waals surface area contributed by atoms with Gasteiger partial charge in [0.2, 0.25) is 0 Å². The number of aliphatic hydroxyl groups is 1. The molecule has 1 rings (SSSR count). The van der Waals surface area contributed by atoms with Crippen molar-refractivity contribution in [1.82, 2.24) is 5.32 Å². The zero-order valence-corrected chi connectivity index (χ0v) is 7.79. The average molecular weight is 172 g/mol. The molecule has 1 unspecified atom stereocenters. The van der Waals surface area contributed by atoms with Crippen LogP contribution in [-0.2, 0) is 0 Å². The predicted molar refractivity (Wildman–Crippen MR) is 49.9 cm³/mol. The van der Waals surface area contributed by atoms with Crippen molar-refractivity contribution in [2.24, 2.45) is 5.73 Å². The minimum atomic E-state index is 0.302. The molecule has 0 saturated heterocycles. The van der Waals surface area contributed by atoms with Crippen molar-refractivity contribution in [3.63, 3.8) is 0 Å². The highest BCUT2D eigenvalue weighted by Gasteiger charge is 2.26. The smallest absolute Gasteiger partial charge is 0.0431 e. The second kappa shape index (κ2) is 4.80. The van der Waals surface area contributed by atoms with Gasteiger partial charge in [0, 0.05) is 24.7 Å². The zero-order valence-electron chi connectivity index (χ0n) is 7.79. The summed E-state index contributed by atoms with van der Waals surface area (Å²) < 4.78 is 0. The molecular formula is C9H20N2O. The number of nitrogens with one attached hydrogen (secondary N) is 1. The van der Waals surface area contributed by atoms with Gasteiger partial charge in [0.25, 0.3) is 0 Å². The summed E-state index contributed by atoms with van der Waals surface area (Å²) in [6, 6.07) is 1.58. The van der Waals surface area contributed by atoms with Crippen molar-refractivity contribution in [2.75, 3.05) is 6.61 Å². The highest BCUT2D eigenvalue weighted by molar-refractivity contribution is 4.88. The van der Waals surface area contributed by atoms with Crippen LogP contribution in [0, 0.1) is 0 Å². The fraction of sp³-hybridized carbons (Fsp3) is 1.00. The van der Waals surface area contributed by atoms with Gasteiger partial charge in [-0.25, -0.2) is 0 Å². The van der Waals surface area contributed by atoms with Gasteiger partial charge >= 0.3 is 0 Å². The van der Waals surface area contributed by atoms with Crippen LogP contribution in [-0.4, -0.2) is 29.8 Å². The highest BCUT2D eigenvalue weighted by Crippen LogP contribution is 2.18. The van der Waals surface area contributed by atoms with Gasteiger partial charge in [-0.1, -0.05) is 0 Å². The van der Waals surface area contributed by atoms with E-state index >= 15 is 0 Å². The summed E-state index contributed by atoms with van der Waals surface area (Å²) in [5.74, 6) is 0. The van der Waals surface area contributed by atoms with Gasteiger partial charge in [-0.05, 0) is 32.6 Å². The summed E-state index contributed by atoms with van der Waals surface area (Å²) in [5, 5.41) is 12.1. The quantitative estimate of drug-likeness (QED) is 0.556. The SMILES string of the molecule is CC(CCCO)NC1CC(N)C1. The van der Waals surface area contributed by atoms with Crippen LogP contribution in [0.25, 0.3) is 0 Å². The molecule has 0 aromatic heterocycles. The lowest BCUT2D eigenvalue weighted by atomic mass is 9.87. The number of hydrogen-bond acceptors (Lipinski definition) is 3. The van der Waals surface area contributed by atoms with Crippen LogP contribution in [0.5, 0.6) is 0 Å². The molecule has 0 amide bonds. The molecule has 1 aliphatic rings. The van der Waals surface area contributed by atoms with E-state index in [9.17, 15) is 0 Å². The van der Waals surface area contributed by atoms with E-state index in [1.54, 1.807) is 0 Å². The molecule has 0 radical (unpaired) electrons. The third kappa shape index (κ3) is 3.09. The lowest BCUT2D eigenvalue weighted by Crippen LogP contribution is -2.51. The fourth-order valence-electron chi connectivity index (χ4n) is 1.68. The third-order valence-electron chi connectivity index (χ3n) is 2.49. The van der Waals surface area contributed by atoms with E-state index < -0.39 is 0 Å². The molecule has 72 valence electrons. The maximum atomic E-state index is 8.61. The Balaban J connectivity index is 1.98. The van der Waals surface area contributed by atoms with Crippen LogP contribution >= 0.6 is 0 Å². The molecule has 0 aromatic carbocycles. The Morgan fingerprint density at radius 1 is 1.58 bits per heavy atom. The average Bonchev–Trinajstić information content (AvgIpc) is 1.98. The summed E-state index contributed by atoms with van der Waals surface area (Å²) in [6.07, 6.45) is 4.18. The van der Waals surface area contributed by atoms with Crippen LogP contribution in [0.3, 0.4) is 0 Å². The first-order valence-electron chi connectivity index (χ1n) is 4.85. The number of rotatable bonds is 5. The van der Waals surface area contributed by atoms with Crippen LogP contribution in [0.4, 0.5) is 0 Å². The molecule has 3 heteroatoms. The molecule has 1 atom stereocenters. The first-order chi connectivity index (χ1) is 5.72. The topological polar surface area (TPSA) is 58.3 Å². The number of nitrogens with two attached hydrogens (primary N) is 1. The Hall–Kier alpha value is -0.120. The molecule has 0 heterocycles. The summed E-state index contributed by atoms with van der Waals surface area (Å²) >= 11 is 0. The Labute approximate surface area is 74.3 Å². The molecule has 1 fully saturated rings. The minimum Gasteiger partial charge on any atom is -0.396 e. The van der Waals surface area contributed by atoms with E-state index in [1.807, 2.05) is 0 Å². The largest absolute Gasteiger partial charge is 0.396 e. The third-order valence-corrected chi connectivity index (χ3v) is 2.49. The van der Waals surface area contributed by atoms with Crippen LogP contribution in [0.2, 0.25) is 0 Å². The molecule has 4 N–H and O–H groups in total. The number of hydrogen-bond donors (Lipinski definition) is 3. The van der Waals surface area contributed by atoms with Crippen LogP contribution < -0.4 is 11.1 Å². The van der Waals surface area contributed by atoms with Crippen molar-refractivity contribution in [2.45, 2.75) is 50.7 Å². The van der Waals surface area contributed by atoms with Gasteiger partial charge in [0.05, 0.1) is 0 Å². The lowest BCUT2D eigenvalue weighted by Gasteiger charge is -2.35. The Morgan fingerprint density at radius 2 is 2.25 bits per heavy atom. The summed E-state index contributed by atoms with van der Waals surface area (Å²) in [5.41, 5.74) is 5.66. The maximum Gasteiger partial charge on any atom is 0.0431 e. The fourth-order valence-corrected chi connectivity index (χ4v) is 1.68. The molecule has 3 nitrogen and oxygen atoms in total. The highest BCUT2D eigenvalue weighted by atomic mass is 16.2. The van der Waals surface area contributed by atoms with Crippen molar-refractivity contribution in [1.29, 1.82) is 0 Å². The normalized spacial score (nSPS) is 31.2. The summed E-state index contributed by atoms with van der Waals surface area (Å²) in [7, 11) is 0. The molecule has 0 aliphatic heterocycles. The summed E-state index contributed by atoms with van der Waals surface area (Å²) in [6.45, 7) is 2.47. The van der Waals surface area contributed by atoms with E-state index in [0.717, 1.165) is 25.7 Å². The Kier molecular flexibility index (Phi) is 3.98. The molecule has 1 saturated carbocycles. The first-order valence-corrected chi connectivity index (χ1v) is 4.85. The molecule has 0 bridgehead atoms.